The molecule has 4 rings (SSSR count). The van der Waals surface area contributed by atoms with Crippen LogP contribution in [0.4, 0.5) is 0 Å². The van der Waals surface area contributed by atoms with Crippen LogP contribution in [-0.4, -0.2) is 29.1 Å². The van der Waals surface area contributed by atoms with Crippen LogP contribution in [0.5, 0.6) is 5.75 Å². The second-order valence-corrected chi connectivity index (χ2v) is 5.61. The van der Waals surface area contributed by atoms with Gasteiger partial charge in [0.05, 0.1) is 13.2 Å². The minimum absolute atomic E-state index is 0.199. The predicted molar refractivity (Wildman–Crippen MR) is 76.8 cm³/mol. The van der Waals surface area contributed by atoms with E-state index in [9.17, 15) is 5.11 Å². The molecule has 1 aliphatic carbocycles. The molecule has 0 radical (unpaired) electrons. The van der Waals surface area contributed by atoms with Crippen LogP contribution in [-0.2, 0) is 9.47 Å². The van der Waals surface area contributed by atoms with Gasteiger partial charge in [-0.15, -0.1) is 0 Å². The van der Waals surface area contributed by atoms with Crippen LogP contribution in [0.2, 0.25) is 0 Å². The zero-order chi connectivity index (χ0) is 14.3. The smallest absolute Gasteiger partial charge is 0.219 e. The van der Waals surface area contributed by atoms with Crippen molar-refractivity contribution in [3.05, 3.63) is 29.7 Å². The summed E-state index contributed by atoms with van der Waals surface area (Å²) in [5, 5.41) is 9.45. The van der Waals surface area contributed by atoms with Gasteiger partial charge < -0.3 is 19.0 Å². The molecule has 2 fully saturated rings. The van der Waals surface area contributed by atoms with Crippen LogP contribution in [0.1, 0.15) is 31.6 Å². The average Bonchev–Trinajstić information content (AvgIpc) is 3.08. The summed E-state index contributed by atoms with van der Waals surface area (Å²) in [7, 11) is 0. The van der Waals surface area contributed by atoms with E-state index >= 15 is 0 Å². The minimum Gasteiger partial charge on any atom is -0.508 e. The molecule has 2 aliphatic rings. The van der Waals surface area contributed by atoms with E-state index in [1.807, 2.05) is 6.08 Å². The van der Waals surface area contributed by atoms with Crippen molar-refractivity contribution in [2.75, 3.05) is 13.2 Å². The van der Waals surface area contributed by atoms with Gasteiger partial charge >= 0.3 is 0 Å². The lowest BCUT2D eigenvalue weighted by molar-refractivity contribution is -0.171. The van der Waals surface area contributed by atoms with E-state index in [1.165, 1.54) is 5.57 Å². The van der Waals surface area contributed by atoms with Crippen molar-refractivity contribution in [2.45, 2.75) is 31.5 Å². The number of allylic oxidation sites excluding steroid dienone is 1. The van der Waals surface area contributed by atoms with Crippen molar-refractivity contribution in [1.82, 2.24) is 4.98 Å². The molecule has 5 nitrogen and oxygen atoms in total. The second-order valence-electron chi connectivity index (χ2n) is 5.61. The zero-order valence-corrected chi connectivity index (χ0v) is 11.7. The Balaban J connectivity index is 1.54. The summed E-state index contributed by atoms with van der Waals surface area (Å²) in [5.41, 5.74) is 2.67. The molecule has 1 aromatic carbocycles. The fraction of sp³-hybridized carbons (Fsp3) is 0.438. The summed E-state index contributed by atoms with van der Waals surface area (Å²) < 4.78 is 17.1. The number of phenolic OH excluding ortho intramolecular Hbond substituents is 1. The van der Waals surface area contributed by atoms with Gasteiger partial charge in [0.15, 0.2) is 11.4 Å². The van der Waals surface area contributed by atoms with Gasteiger partial charge in [-0.25, -0.2) is 4.98 Å². The lowest BCUT2D eigenvalue weighted by Crippen LogP contribution is -2.33. The fourth-order valence-corrected chi connectivity index (χ4v) is 3.05. The number of fused-ring (bicyclic) bond motifs is 1. The number of benzene rings is 1. The number of hydrogen-bond acceptors (Lipinski definition) is 5. The Morgan fingerprint density at radius 2 is 1.90 bits per heavy atom. The number of aromatic hydroxyl groups is 1. The fourth-order valence-electron chi connectivity index (χ4n) is 3.05. The highest BCUT2D eigenvalue weighted by molar-refractivity contribution is 5.75. The van der Waals surface area contributed by atoms with Crippen LogP contribution in [0.25, 0.3) is 17.2 Å². The van der Waals surface area contributed by atoms with Crippen LogP contribution in [0.15, 0.2) is 28.2 Å². The number of ether oxygens (including phenoxy) is 2. The van der Waals surface area contributed by atoms with Crippen LogP contribution >= 0.6 is 0 Å². The standard InChI is InChI=1S/C16H17NO4/c18-12-1-2-14-13(10-12)17-15(21-14)9-11-3-5-16(6-4-11)19-7-8-20-16/h1-2,9-10,18H,3-8H2. The molecule has 0 unspecified atom stereocenters. The molecule has 1 saturated heterocycles. The SMILES string of the molecule is Oc1ccc2oc(C=C3CCC4(CC3)OCCO4)nc2c1. The number of oxazole rings is 1. The maximum atomic E-state index is 9.45. The summed E-state index contributed by atoms with van der Waals surface area (Å²) in [6, 6.07) is 4.94. The number of aromatic nitrogens is 1. The normalized spacial score (nSPS) is 21.2. The first-order valence-corrected chi connectivity index (χ1v) is 7.29. The average molecular weight is 287 g/mol. The molecule has 1 aliphatic heterocycles. The first-order valence-electron chi connectivity index (χ1n) is 7.29. The molecule has 0 bridgehead atoms. The molecule has 2 heterocycles. The maximum absolute atomic E-state index is 9.45. The van der Waals surface area contributed by atoms with Crippen LogP contribution < -0.4 is 0 Å². The topological polar surface area (TPSA) is 64.7 Å². The molecule has 21 heavy (non-hydrogen) atoms. The predicted octanol–water partition coefficient (Wildman–Crippen LogP) is 3.23. The number of hydrogen-bond donors (Lipinski definition) is 1. The highest BCUT2D eigenvalue weighted by Gasteiger charge is 2.38. The lowest BCUT2D eigenvalue weighted by Gasteiger charge is -2.32. The molecule has 1 aromatic heterocycles. The molecule has 5 heteroatoms. The lowest BCUT2D eigenvalue weighted by atomic mass is 9.89. The van der Waals surface area contributed by atoms with Crippen molar-refractivity contribution < 1.29 is 19.0 Å². The van der Waals surface area contributed by atoms with Crippen molar-refractivity contribution in [2.24, 2.45) is 0 Å². The Morgan fingerprint density at radius 1 is 1.14 bits per heavy atom. The molecule has 0 amide bonds. The summed E-state index contributed by atoms with van der Waals surface area (Å²) >= 11 is 0. The minimum atomic E-state index is -0.343. The number of phenols is 1. The summed E-state index contributed by atoms with van der Waals surface area (Å²) in [6.45, 7) is 1.40. The molecular formula is C16H17NO4. The Bertz CT molecular complexity index is 685. The van der Waals surface area contributed by atoms with Crippen molar-refractivity contribution in [3.63, 3.8) is 0 Å². The third-order valence-corrected chi connectivity index (χ3v) is 4.18. The zero-order valence-electron chi connectivity index (χ0n) is 11.7. The summed E-state index contributed by atoms with van der Waals surface area (Å²) in [5.74, 6) is 0.449. The van der Waals surface area contributed by atoms with Crippen molar-refractivity contribution in [3.8, 4) is 5.75 Å². The van der Waals surface area contributed by atoms with Crippen molar-refractivity contribution in [1.29, 1.82) is 0 Å². The highest BCUT2D eigenvalue weighted by atomic mass is 16.7. The van der Waals surface area contributed by atoms with E-state index in [2.05, 4.69) is 4.98 Å². The Morgan fingerprint density at radius 3 is 2.67 bits per heavy atom. The van der Waals surface area contributed by atoms with Gasteiger partial charge in [-0.05, 0) is 31.1 Å². The first-order chi connectivity index (χ1) is 10.2. The summed E-state index contributed by atoms with van der Waals surface area (Å²) in [6.07, 6.45) is 5.65. The van der Waals surface area contributed by atoms with E-state index in [0.717, 1.165) is 25.7 Å². The molecule has 1 N–H and O–H groups in total. The van der Waals surface area contributed by atoms with Gasteiger partial charge in [0.2, 0.25) is 5.89 Å². The maximum Gasteiger partial charge on any atom is 0.219 e. The van der Waals surface area contributed by atoms with E-state index in [4.69, 9.17) is 13.9 Å². The molecule has 0 atom stereocenters. The van der Waals surface area contributed by atoms with E-state index < -0.39 is 0 Å². The third kappa shape index (κ3) is 2.43. The van der Waals surface area contributed by atoms with Crippen molar-refractivity contribution >= 4 is 17.2 Å². The summed E-state index contributed by atoms with van der Waals surface area (Å²) in [4.78, 5) is 4.39. The molecular weight excluding hydrogens is 270 g/mol. The van der Waals surface area contributed by atoms with Crippen LogP contribution in [0, 0.1) is 0 Å². The monoisotopic (exact) mass is 287 g/mol. The molecule has 1 saturated carbocycles. The van der Waals surface area contributed by atoms with Gasteiger partial charge in [0.25, 0.3) is 0 Å². The largest absolute Gasteiger partial charge is 0.508 e. The number of nitrogens with zero attached hydrogens (tertiary/aromatic N) is 1. The van der Waals surface area contributed by atoms with E-state index in [0.29, 0.717) is 30.2 Å². The van der Waals surface area contributed by atoms with Crippen LogP contribution in [0.3, 0.4) is 0 Å². The highest BCUT2D eigenvalue weighted by Crippen LogP contribution is 2.38. The van der Waals surface area contributed by atoms with E-state index in [1.54, 1.807) is 18.2 Å². The van der Waals surface area contributed by atoms with E-state index in [-0.39, 0.29) is 11.5 Å². The van der Waals surface area contributed by atoms with Gasteiger partial charge in [-0.3, -0.25) is 0 Å². The molecule has 2 aromatic rings. The number of rotatable bonds is 1. The van der Waals surface area contributed by atoms with Gasteiger partial charge in [-0.2, -0.15) is 0 Å². The Hall–Kier alpha value is -1.85. The van der Waals surface area contributed by atoms with Gasteiger partial charge in [-0.1, -0.05) is 5.57 Å². The third-order valence-electron chi connectivity index (χ3n) is 4.18. The first kappa shape index (κ1) is 12.9. The molecule has 1 spiro atoms. The quantitative estimate of drug-likeness (QED) is 0.872. The second kappa shape index (κ2) is 4.86. The van der Waals surface area contributed by atoms with Gasteiger partial charge in [0.1, 0.15) is 11.3 Å². The molecule has 110 valence electrons. The Kier molecular flexibility index (Phi) is 2.97. The Labute approximate surface area is 122 Å². The van der Waals surface area contributed by atoms with Gasteiger partial charge in [0, 0.05) is 18.9 Å².